The molecule has 4 aromatic heterocycles. The lowest BCUT2D eigenvalue weighted by Gasteiger charge is -2.02. The van der Waals surface area contributed by atoms with Crippen LogP contribution in [0.4, 0.5) is 0 Å². The van der Waals surface area contributed by atoms with Gasteiger partial charge in [-0.05, 0) is 124 Å². The maximum atomic E-state index is 13.0. The Labute approximate surface area is 576 Å². The molecule has 0 atom stereocenters. The molecule has 0 fully saturated rings. The van der Waals surface area contributed by atoms with Gasteiger partial charge in [-0.15, -0.1) is 12.4 Å². The maximum absolute atomic E-state index is 13.0. The van der Waals surface area contributed by atoms with Gasteiger partial charge in [0.25, 0.3) is 5.24 Å². The zero-order valence-electron chi connectivity index (χ0n) is 67.7. The number of ketones is 4. The van der Waals surface area contributed by atoms with Crippen LogP contribution in [0.25, 0.3) is 33.7 Å². The third-order valence-electron chi connectivity index (χ3n) is 9.85. The number of alkyl halides is 1. The smallest absolute Gasteiger partial charge is 0.515 e. The van der Waals surface area contributed by atoms with Gasteiger partial charge in [0.2, 0.25) is 0 Å². The second-order valence-electron chi connectivity index (χ2n) is 16.2. The molecule has 0 spiro atoms. The number of furan rings is 3. The molecule has 462 valence electrons. The highest BCUT2D eigenvalue weighted by atomic mass is 79.9. The number of pyridine rings is 1. The zero-order valence-corrected chi connectivity index (χ0v) is 54.3. The van der Waals surface area contributed by atoms with E-state index >= 15 is 0 Å². The minimum Gasteiger partial charge on any atom is -0.515 e. The van der Waals surface area contributed by atoms with Gasteiger partial charge in [0.1, 0.15) is 45.4 Å². The topological polar surface area (TPSA) is 219 Å². The molecule has 88 heavy (non-hydrogen) atoms. The number of phenols is 1. The van der Waals surface area contributed by atoms with Gasteiger partial charge < -0.3 is 33.7 Å². The molecule has 4 N–H and O–H groups in total. The number of halogens is 6. The summed E-state index contributed by atoms with van der Waals surface area (Å²) in [5.74, 6) is -1.45. The SMILES string of the molecule is CC(=O)CBr.CO.Cc1ccc(C(=O)Cl)cc1.Cl.[2H]C1=C([2H])C([2H])=C([2H])C(=CO)C1=O.[2H]C1=C([2H])C([2H])=c2oc(=C(C)O)cc2C1=O.[2H]c1c([2H])c([2H])c(O)c([2H])c1[2H].[2H]c1c([2H])c([2H])c2c(C(=O)c3ccc(C)cc3)c(CC)oc2c1[2H].[2H]c1c([2H])c([2H])c2oc(CC)cc2c1[2H].[Cl][Al]([Cl])[Cl].c1ccncc1. The number of para-hydroxylation sites is 3. The number of fused-ring (bicyclic) bond motifs is 3. The van der Waals surface area contributed by atoms with E-state index in [1.165, 1.54) is 19.9 Å². The Balaban J connectivity index is 0.000000630. The molecular formula is C68H68AlBrCl5NO12. The molecule has 0 radical (unpaired) electrons. The van der Waals surface area contributed by atoms with Crippen LogP contribution in [0.5, 0.6) is 5.75 Å². The van der Waals surface area contributed by atoms with Crippen molar-refractivity contribution in [3.8, 4) is 5.75 Å². The number of Topliss-reactive ketones (excluding diaryl/α,β-unsaturated/α-hetero) is 1. The van der Waals surface area contributed by atoms with E-state index in [9.17, 15) is 29.1 Å². The second-order valence-corrected chi connectivity index (χ2v) is 23.5. The van der Waals surface area contributed by atoms with Gasteiger partial charge in [-0.1, -0.05) is 156 Å². The molecule has 11 rings (SSSR count). The van der Waals surface area contributed by atoms with Crippen LogP contribution in [0.3, 0.4) is 0 Å². The van der Waals surface area contributed by atoms with Crippen molar-refractivity contribution >= 4 is 144 Å². The van der Waals surface area contributed by atoms with Gasteiger partial charge >= 0.3 is 11.4 Å². The van der Waals surface area contributed by atoms with Gasteiger partial charge in [-0.2, -0.15) is 0 Å². The molecule has 13 nitrogen and oxygen atoms in total. The number of nitrogens with zero attached hydrogens (tertiary/aromatic N) is 1. The lowest BCUT2D eigenvalue weighted by Crippen LogP contribution is -2.11. The van der Waals surface area contributed by atoms with Gasteiger partial charge in [-0.25, -0.2) is 30.1 Å². The Bertz CT molecular complexity index is 4820. The van der Waals surface area contributed by atoms with Crippen LogP contribution >= 0.6 is 70.1 Å². The third-order valence-corrected chi connectivity index (χ3v) is 10.9. The number of aryl methyl sites for hydroxylation is 4. The van der Waals surface area contributed by atoms with Crippen LogP contribution in [-0.2, 0) is 22.4 Å². The van der Waals surface area contributed by atoms with Gasteiger partial charge in [0, 0.05) is 54.2 Å². The quantitative estimate of drug-likeness (QED) is 0.0304. The number of aliphatic hydroxyl groups excluding tert-OH is 3. The number of rotatable bonds is 6. The van der Waals surface area contributed by atoms with Crippen molar-refractivity contribution in [3.05, 3.63) is 274 Å². The first kappa shape index (κ1) is 50.4. The van der Waals surface area contributed by atoms with Crippen LogP contribution in [0, 0.1) is 13.8 Å². The van der Waals surface area contributed by atoms with E-state index in [2.05, 4.69) is 20.9 Å². The van der Waals surface area contributed by atoms with Crippen molar-refractivity contribution in [1.29, 1.82) is 0 Å². The summed E-state index contributed by atoms with van der Waals surface area (Å²) in [5.41, 5.74) is 3.33. The first-order valence-electron chi connectivity index (χ1n) is 34.9. The van der Waals surface area contributed by atoms with Crippen LogP contribution in [0.2, 0.25) is 0 Å². The lowest BCUT2D eigenvalue weighted by atomic mass is 9.99. The molecule has 20 heteroatoms. The number of carbonyl (C=O) groups excluding carboxylic acids is 5. The van der Waals surface area contributed by atoms with E-state index in [1.807, 2.05) is 70.2 Å². The molecule has 9 aromatic rings. The molecule has 2 aliphatic rings. The number of allylic oxidation sites excluding steroid dienone is 7. The second kappa shape index (κ2) is 44.8. The highest BCUT2D eigenvalue weighted by Crippen LogP contribution is 2.29. The monoisotopic (exact) mass is 1390 g/mol. The predicted molar refractivity (Wildman–Crippen MR) is 364 cm³/mol. The molecule has 0 saturated carbocycles. The van der Waals surface area contributed by atoms with E-state index in [4.69, 9.17) is 97.7 Å². The van der Waals surface area contributed by atoms with E-state index in [0.717, 1.165) is 18.2 Å². The van der Waals surface area contributed by atoms with Gasteiger partial charge in [-0.3, -0.25) is 29.0 Å². The Morgan fingerprint density at radius 3 is 1.72 bits per heavy atom. The summed E-state index contributed by atoms with van der Waals surface area (Å²) < 4.78 is 164. The normalized spacial score (nSPS) is 15.5. The summed E-state index contributed by atoms with van der Waals surface area (Å²) in [5, 5.41) is 34.5. The Kier molecular flexibility index (Phi) is 25.7. The Hall–Kier alpha value is -7.52. The molecule has 5 aromatic carbocycles. The molecule has 0 bridgehead atoms. The number of carbonyl (C=O) groups is 5. The first-order chi connectivity index (χ1) is 50.0. The van der Waals surface area contributed by atoms with Gasteiger partial charge in [0.15, 0.2) is 22.8 Å². The Morgan fingerprint density at radius 1 is 0.693 bits per heavy atom. The predicted octanol–water partition coefficient (Wildman–Crippen LogP) is 16.7. The van der Waals surface area contributed by atoms with Crippen molar-refractivity contribution in [2.75, 3.05) is 12.4 Å². The number of aliphatic hydroxyl groups is 3. The highest BCUT2D eigenvalue weighted by Gasteiger charge is 2.20. The van der Waals surface area contributed by atoms with Crippen LogP contribution < -0.4 is 10.8 Å². The summed E-state index contributed by atoms with van der Waals surface area (Å²) in [6, 6.07) is 14.8. The van der Waals surface area contributed by atoms with Gasteiger partial charge in [0.05, 0.1) is 55.7 Å². The highest BCUT2D eigenvalue weighted by molar-refractivity contribution is 9.09. The molecule has 0 aliphatic heterocycles. The summed E-state index contributed by atoms with van der Waals surface area (Å²) in [6.45, 7) is 10.5. The van der Waals surface area contributed by atoms with Crippen molar-refractivity contribution in [2.24, 2.45) is 0 Å². The van der Waals surface area contributed by atoms with Crippen LogP contribution in [-0.4, -0.2) is 77.6 Å². The molecule has 0 saturated heterocycles. The number of aromatic nitrogens is 1. The van der Waals surface area contributed by atoms with Crippen molar-refractivity contribution in [3.63, 3.8) is 0 Å². The maximum Gasteiger partial charge on any atom is 0.643 e. The summed E-state index contributed by atoms with van der Waals surface area (Å²) in [4.78, 5) is 59.7. The average molecular weight is 1400 g/mol. The fraction of sp³-hybridized carbons (Fsp3) is 0.147. The van der Waals surface area contributed by atoms with Crippen LogP contribution in [0.1, 0.15) is 114 Å². The molecule has 2 aliphatic carbocycles. The number of phenolic OH excluding ortho intramolecular Hbond substituents is 1. The standard InChI is InChI=1S/C18H16O2.C10H8O3.C10H10O.C8H7ClO.C7H6O2.C6H6O.C5H5N.C3H5BrO.CH4O.Al.4ClH/c1-3-15-17(14-6-4-5-7-16(14)20-15)18(19)13-10-8-12(2)9-11-13;1-6(11)10-5-7-8(12)3-2-4-9(7)13-10;1-2-9-7-8-5-3-4-6-10(8)11-9;1-6-2-4-7(5-3-6)8(9)10;8-5-6-3-1-2-4-7(6)9;7-6-4-2-1-3-5-6;1-2-4-6-5-3-1;1-3(5)2-4;1-2;;;;;/h4-11H,3H2,1-2H3;2-5,11H,1H3;3-7H,2H2,1H3;2-5H,1H3;1-5,8H;1-5,7H;1-5H;2H2,1H3;2H,1H3;;4*1H/q;;;;;;;;;+3;;;;/p-3/i4D,5D,6D,7D;2D,3D,4D;3D,4D,5D,6D;;1D,2D,3D,4D;1D,2D,3D,4D,5D;;;;;;;;. The third kappa shape index (κ3) is 29.9. The van der Waals surface area contributed by atoms with E-state index in [-0.39, 0.29) is 123 Å². The van der Waals surface area contributed by atoms with E-state index in [0.29, 0.717) is 52.5 Å². The van der Waals surface area contributed by atoms with Crippen molar-refractivity contribution in [1.82, 2.24) is 4.98 Å². The molecule has 0 amide bonds. The minimum absolute atomic E-state index is 0. The fourth-order valence-electron chi connectivity index (χ4n) is 5.88. The van der Waals surface area contributed by atoms with Crippen molar-refractivity contribution < 1.29 is 85.1 Å². The lowest BCUT2D eigenvalue weighted by molar-refractivity contribution is -0.114. The summed E-state index contributed by atoms with van der Waals surface area (Å²) in [6.07, 6.45) is 4.98. The zero-order chi connectivity index (χ0) is 82.1. The minimum atomic E-state index is -1.72. The molecule has 4 heterocycles. The number of aromatic hydroxyl groups is 1. The largest absolute Gasteiger partial charge is 0.643 e. The number of hydrogen-bond acceptors (Lipinski definition) is 13. The van der Waals surface area contributed by atoms with E-state index in [1.54, 1.807) is 42.7 Å². The van der Waals surface area contributed by atoms with Crippen LogP contribution in [0.15, 0.2) is 231 Å². The average Bonchev–Trinajstić information content (AvgIpc) is 1.59. The summed E-state index contributed by atoms with van der Waals surface area (Å²) in [7, 11) is 15.8. The Morgan fingerprint density at radius 2 is 1.22 bits per heavy atom. The summed E-state index contributed by atoms with van der Waals surface area (Å²) >= 11 is 6.46. The molecule has 0 unspecified atom stereocenters. The van der Waals surface area contributed by atoms with E-state index < -0.39 is 106 Å². The number of hydrogen-bond donors (Lipinski definition) is 4. The first-order valence-corrected chi connectivity index (χ1v) is 31.7. The molecular weight excluding hydrogens is 1310 g/mol. The fourth-order valence-corrected chi connectivity index (χ4v) is 6.01. The van der Waals surface area contributed by atoms with Crippen molar-refractivity contribution in [2.45, 2.75) is 54.4 Å². The number of benzene rings is 5.